The fourth-order valence-corrected chi connectivity index (χ4v) is 1.05. The predicted octanol–water partition coefficient (Wildman–Crippen LogP) is -0.823. The van der Waals surface area contributed by atoms with Crippen molar-refractivity contribution >= 4 is 12.0 Å². The van der Waals surface area contributed by atoms with Crippen LogP contribution < -0.4 is 10.6 Å². The molecule has 0 bridgehead atoms. The van der Waals surface area contributed by atoms with Gasteiger partial charge in [-0.05, 0) is 6.92 Å². The highest BCUT2D eigenvalue weighted by atomic mass is 16.5. The lowest BCUT2D eigenvalue weighted by Gasteiger charge is -2.05. The highest BCUT2D eigenvalue weighted by molar-refractivity contribution is 5.80. The first-order valence-electron chi connectivity index (χ1n) is 5.13. The highest BCUT2D eigenvalue weighted by Gasteiger charge is 2.06. The average Bonchev–Trinajstić information content (AvgIpc) is 2.70. The molecule has 0 aromatic carbocycles. The number of ether oxygens (including phenoxy) is 1. The molecule has 17 heavy (non-hydrogen) atoms. The summed E-state index contributed by atoms with van der Waals surface area (Å²) in [4.78, 5) is 26.1. The van der Waals surface area contributed by atoms with Gasteiger partial charge in [-0.25, -0.2) is 9.78 Å². The lowest BCUT2D eigenvalue weighted by molar-refractivity contribution is -0.141. The number of hydrogen-bond acceptors (Lipinski definition) is 5. The first kappa shape index (κ1) is 12.9. The first-order chi connectivity index (χ1) is 8.11. The maximum Gasteiger partial charge on any atom is 0.325 e. The number of aromatic nitrogens is 3. The summed E-state index contributed by atoms with van der Waals surface area (Å²) in [5.41, 5.74) is 0. The molecule has 8 nitrogen and oxygen atoms in total. The summed E-state index contributed by atoms with van der Waals surface area (Å²) in [5, 5.41) is 8.85. The van der Waals surface area contributed by atoms with Gasteiger partial charge in [0.15, 0.2) is 5.82 Å². The average molecular weight is 241 g/mol. The fraction of sp³-hybridized carbons (Fsp3) is 0.556. The standard InChI is InChI=1S/C9H15N5O3/c1-3-17-8(15)5-11-9(16)10-4-7-12-6-14(2)13-7/h6H,3-5H2,1-2H3,(H2,10,11,16). The van der Waals surface area contributed by atoms with Crippen LogP contribution >= 0.6 is 0 Å². The number of nitrogens with one attached hydrogen (secondary N) is 2. The van der Waals surface area contributed by atoms with Gasteiger partial charge in [0.25, 0.3) is 0 Å². The Kier molecular flexibility index (Phi) is 4.92. The normalized spacial score (nSPS) is 9.76. The summed E-state index contributed by atoms with van der Waals surface area (Å²) in [6.07, 6.45) is 1.54. The van der Waals surface area contributed by atoms with Crippen molar-refractivity contribution < 1.29 is 14.3 Å². The maximum atomic E-state index is 11.2. The van der Waals surface area contributed by atoms with Gasteiger partial charge >= 0.3 is 12.0 Å². The van der Waals surface area contributed by atoms with E-state index in [1.54, 1.807) is 14.0 Å². The zero-order valence-electron chi connectivity index (χ0n) is 9.77. The minimum Gasteiger partial charge on any atom is -0.465 e. The Morgan fingerprint density at radius 2 is 2.24 bits per heavy atom. The van der Waals surface area contributed by atoms with Gasteiger partial charge in [-0.1, -0.05) is 0 Å². The zero-order valence-corrected chi connectivity index (χ0v) is 9.77. The van der Waals surface area contributed by atoms with Crippen molar-refractivity contribution in [2.45, 2.75) is 13.5 Å². The number of hydrogen-bond donors (Lipinski definition) is 2. The second kappa shape index (κ2) is 6.46. The maximum absolute atomic E-state index is 11.2. The molecule has 0 aliphatic carbocycles. The number of nitrogens with zero attached hydrogens (tertiary/aromatic N) is 3. The summed E-state index contributed by atoms with van der Waals surface area (Å²) >= 11 is 0. The largest absolute Gasteiger partial charge is 0.465 e. The Labute approximate surface area is 98.3 Å². The van der Waals surface area contributed by atoms with Crippen LogP contribution in [0.15, 0.2) is 6.33 Å². The Morgan fingerprint density at radius 1 is 1.47 bits per heavy atom. The molecule has 2 amide bonds. The summed E-state index contributed by atoms with van der Waals surface area (Å²) in [5.74, 6) is 0.0254. The van der Waals surface area contributed by atoms with Gasteiger partial charge in [-0.2, -0.15) is 5.10 Å². The first-order valence-corrected chi connectivity index (χ1v) is 5.13. The second-order valence-electron chi connectivity index (χ2n) is 3.18. The van der Waals surface area contributed by atoms with Crippen LogP contribution in [0.25, 0.3) is 0 Å². The van der Waals surface area contributed by atoms with E-state index in [0.29, 0.717) is 12.4 Å². The van der Waals surface area contributed by atoms with Gasteiger partial charge in [0, 0.05) is 7.05 Å². The SMILES string of the molecule is CCOC(=O)CNC(=O)NCc1ncn(C)n1. The highest BCUT2D eigenvalue weighted by Crippen LogP contribution is 1.86. The molecule has 0 spiro atoms. The van der Waals surface area contributed by atoms with Crippen LogP contribution in [0.5, 0.6) is 0 Å². The smallest absolute Gasteiger partial charge is 0.325 e. The Balaban J connectivity index is 2.19. The third kappa shape index (κ3) is 4.96. The molecule has 8 heteroatoms. The number of aryl methyl sites for hydroxylation is 1. The van der Waals surface area contributed by atoms with Gasteiger partial charge in [0.05, 0.1) is 13.2 Å². The van der Waals surface area contributed by atoms with Crippen LogP contribution in [-0.4, -0.2) is 39.9 Å². The van der Waals surface area contributed by atoms with Gasteiger partial charge in [0.1, 0.15) is 12.9 Å². The van der Waals surface area contributed by atoms with E-state index in [9.17, 15) is 9.59 Å². The number of carbonyl (C=O) groups is 2. The molecule has 0 saturated heterocycles. The van der Waals surface area contributed by atoms with Crippen molar-refractivity contribution in [3.8, 4) is 0 Å². The van der Waals surface area contributed by atoms with E-state index in [0.717, 1.165) is 0 Å². The van der Waals surface area contributed by atoms with Crippen LogP contribution in [0.1, 0.15) is 12.7 Å². The van der Waals surface area contributed by atoms with Crippen molar-refractivity contribution in [3.63, 3.8) is 0 Å². The molecular weight excluding hydrogens is 226 g/mol. The Hall–Kier alpha value is -2.12. The summed E-state index contributed by atoms with van der Waals surface area (Å²) in [6.45, 7) is 2.04. The molecule has 94 valence electrons. The van der Waals surface area contributed by atoms with Crippen LogP contribution in [0.3, 0.4) is 0 Å². The number of carbonyl (C=O) groups excluding carboxylic acids is 2. The van der Waals surface area contributed by atoms with Crippen LogP contribution in [0.2, 0.25) is 0 Å². The summed E-state index contributed by atoms with van der Waals surface area (Å²) < 4.78 is 6.18. The van der Waals surface area contributed by atoms with Crippen molar-refractivity contribution in [2.75, 3.05) is 13.2 Å². The molecule has 0 unspecified atom stereocenters. The molecule has 0 aliphatic rings. The van der Waals surface area contributed by atoms with Gasteiger partial charge in [-0.3, -0.25) is 9.48 Å². The minimum absolute atomic E-state index is 0.157. The summed E-state index contributed by atoms with van der Waals surface area (Å²) in [7, 11) is 1.73. The fourth-order valence-electron chi connectivity index (χ4n) is 1.05. The zero-order chi connectivity index (χ0) is 12.7. The lowest BCUT2D eigenvalue weighted by Crippen LogP contribution is -2.38. The van der Waals surface area contributed by atoms with E-state index in [1.807, 2.05) is 0 Å². The molecule has 1 heterocycles. The van der Waals surface area contributed by atoms with Crippen molar-refractivity contribution in [1.82, 2.24) is 25.4 Å². The number of rotatable bonds is 5. The molecule has 0 saturated carbocycles. The topological polar surface area (TPSA) is 98.1 Å². The summed E-state index contributed by atoms with van der Waals surface area (Å²) in [6, 6.07) is -0.467. The van der Waals surface area contributed by atoms with Gasteiger partial charge < -0.3 is 15.4 Å². The lowest BCUT2D eigenvalue weighted by atomic mass is 10.6. The van der Waals surface area contributed by atoms with E-state index in [2.05, 4.69) is 25.5 Å². The van der Waals surface area contributed by atoms with Crippen molar-refractivity contribution in [1.29, 1.82) is 0 Å². The van der Waals surface area contributed by atoms with Crippen LogP contribution in [-0.2, 0) is 23.1 Å². The molecule has 0 aliphatic heterocycles. The van der Waals surface area contributed by atoms with Crippen LogP contribution in [0.4, 0.5) is 4.79 Å². The van der Waals surface area contributed by atoms with Crippen LogP contribution in [0, 0.1) is 0 Å². The van der Waals surface area contributed by atoms with Crippen molar-refractivity contribution in [2.24, 2.45) is 7.05 Å². The Bertz CT molecular complexity index is 390. The minimum atomic E-state index is -0.474. The van der Waals surface area contributed by atoms with E-state index < -0.39 is 12.0 Å². The molecule has 1 rings (SSSR count). The van der Waals surface area contributed by atoms with E-state index >= 15 is 0 Å². The second-order valence-corrected chi connectivity index (χ2v) is 3.18. The van der Waals surface area contributed by atoms with E-state index in [-0.39, 0.29) is 13.1 Å². The van der Waals surface area contributed by atoms with Gasteiger partial charge in [0.2, 0.25) is 0 Å². The monoisotopic (exact) mass is 241 g/mol. The van der Waals surface area contributed by atoms with E-state index in [1.165, 1.54) is 11.0 Å². The number of esters is 1. The number of amides is 2. The molecule has 0 radical (unpaired) electrons. The Morgan fingerprint density at radius 3 is 2.82 bits per heavy atom. The molecule has 0 fully saturated rings. The molecule has 2 N–H and O–H groups in total. The van der Waals surface area contributed by atoms with E-state index in [4.69, 9.17) is 0 Å². The van der Waals surface area contributed by atoms with Gasteiger partial charge in [-0.15, -0.1) is 0 Å². The van der Waals surface area contributed by atoms with Crippen molar-refractivity contribution in [3.05, 3.63) is 12.2 Å². The molecular formula is C9H15N5O3. The number of urea groups is 1. The predicted molar refractivity (Wildman–Crippen MR) is 57.9 cm³/mol. The third-order valence-electron chi connectivity index (χ3n) is 1.75. The third-order valence-corrected chi connectivity index (χ3v) is 1.75. The quantitative estimate of drug-likeness (QED) is 0.656. The molecule has 1 aromatic heterocycles. The molecule has 1 aromatic rings. The molecule has 0 atom stereocenters.